The fourth-order valence-electron chi connectivity index (χ4n) is 1.49. The van der Waals surface area contributed by atoms with E-state index in [9.17, 15) is 9.59 Å². The van der Waals surface area contributed by atoms with Crippen LogP contribution in [0.4, 0.5) is 0 Å². The Bertz CT molecular complexity index is 203. The number of carbonyl (C=O) groups is 2. The lowest BCUT2D eigenvalue weighted by Gasteiger charge is -2.24. The maximum atomic E-state index is 11.1. The van der Waals surface area contributed by atoms with Crippen molar-refractivity contribution in [2.75, 3.05) is 4.43 Å². The summed E-state index contributed by atoms with van der Waals surface area (Å²) in [5, 5.41) is 18.1. The van der Waals surface area contributed by atoms with E-state index in [0.717, 1.165) is 10.8 Å². The lowest BCUT2D eigenvalue weighted by molar-refractivity contribution is -0.166. The van der Waals surface area contributed by atoms with Gasteiger partial charge in [-0.05, 0) is 23.7 Å². The number of halogens is 1. The summed E-state index contributed by atoms with van der Waals surface area (Å²) in [5.74, 6) is -2.40. The average molecular weight is 328 g/mol. The van der Waals surface area contributed by atoms with Crippen LogP contribution in [0.15, 0.2) is 0 Å². The number of carboxylic acid groups (broad SMARTS) is 2. The van der Waals surface area contributed by atoms with E-state index in [2.05, 4.69) is 22.6 Å². The van der Waals surface area contributed by atoms with Gasteiger partial charge in [0.15, 0.2) is 5.41 Å². The first-order chi connectivity index (χ1) is 7.01. The minimum absolute atomic E-state index is 0.223. The summed E-state index contributed by atoms with van der Waals surface area (Å²) in [6.45, 7) is 1.92. The Hall–Kier alpha value is -0.330. The largest absolute Gasteiger partial charge is 0.480 e. The molecule has 0 aliphatic carbocycles. The number of alkyl halides is 1. The molecule has 0 bridgehead atoms. The Balaban J connectivity index is 4.73. The second kappa shape index (κ2) is 7.03. The Morgan fingerprint density at radius 1 is 1.13 bits per heavy atom. The molecule has 0 aromatic heterocycles. The van der Waals surface area contributed by atoms with Crippen LogP contribution in [0.1, 0.15) is 39.0 Å². The van der Waals surface area contributed by atoms with Crippen LogP contribution < -0.4 is 0 Å². The minimum atomic E-state index is -1.57. The van der Waals surface area contributed by atoms with Crippen LogP contribution in [-0.4, -0.2) is 26.6 Å². The van der Waals surface area contributed by atoms with E-state index < -0.39 is 17.4 Å². The highest BCUT2D eigenvalue weighted by atomic mass is 127. The predicted octanol–water partition coefficient (Wildman–Crippen LogP) is 2.55. The van der Waals surface area contributed by atoms with Crippen molar-refractivity contribution in [3.05, 3.63) is 0 Å². The maximum Gasteiger partial charge on any atom is 0.321 e. The second-order valence-electron chi connectivity index (χ2n) is 3.59. The SMILES string of the molecule is CCCCC(CCCI)(C(=O)O)C(=O)O. The van der Waals surface area contributed by atoms with Gasteiger partial charge in [-0.2, -0.15) is 0 Å². The van der Waals surface area contributed by atoms with Gasteiger partial charge in [-0.25, -0.2) is 0 Å². The highest BCUT2D eigenvalue weighted by molar-refractivity contribution is 14.1. The maximum absolute atomic E-state index is 11.1. The van der Waals surface area contributed by atoms with E-state index in [1.54, 1.807) is 0 Å². The summed E-state index contributed by atoms with van der Waals surface area (Å²) in [7, 11) is 0. The normalized spacial score (nSPS) is 11.3. The third kappa shape index (κ3) is 3.96. The van der Waals surface area contributed by atoms with E-state index >= 15 is 0 Å². The van der Waals surface area contributed by atoms with Crippen molar-refractivity contribution < 1.29 is 19.8 Å². The molecule has 0 aliphatic rings. The molecule has 0 saturated heterocycles. The quantitative estimate of drug-likeness (QED) is 0.408. The number of hydrogen-bond donors (Lipinski definition) is 2. The van der Waals surface area contributed by atoms with Gasteiger partial charge in [0, 0.05) is 0 Å². The predicted molar refractivity (Wildman–Crippen MR) is 65.4 cm³/mol. The molecule has 0 heterocycles. The van der Waals surface area contributed by atoms with E-state index in [4.69, 9.17) is 10.2 Å². The fraction of sp³-hybridized carbons (Fsp3) is 0.800. The molecule has 0 saturated carbocycles. The Morgan fingerprint density at radius 2 is 1.60 bits per heavy atom. The molecule has 0 atom stereocenters. The minimum Gasteiger partial charge on any atom is -0.480 e. The standard InChI is InChI=1S/C10H17IO4/c1-2-3-5-10(8(12)13,9(14)15)6-4-7-11/h2-7H2,1H3,(H,12,13)(H,14,15). The molecule has 0 fully saturated rings. The first-order valence-corrected chi connectivity index (χ1v) is 6.56. The highest BCUT2D eigenvalue weighted by Gasteiger charge is 2.45. The zero-order valence-corrected chi connectivity index (χ0v) is 11.0. The van der Waals surface area contributed by atoms with E-state index in [0.29, 0.717) is 12.8 Å². The molecular weight excluding hydrogens is 311 g/mol. The van der Waals surface area contributed by atoms with Crippen LogP contribution in [0, 0.1) is 5.41 Å². The number of rotatable bonds is 8. The van der Waals surface area contributed by atoms with Crippen molar-refractivity contribution in [2.45, 2.75) is 39.0 Å². The number of carboxylic acids is 2. The Kier molecular flexibility index (Phi) is 6.87. The molecule has 0 radical (unpaired) electrons. The monoisotopic (exact) mass is 328 g/mol. The Morgan fingerprint density at radius 3 is 1.93 bits per heavy atom. The molecular formula is C10H17IO4. The van der Waals surface area contributed by atoms with Gasteiger partial charge in [0.1, 0.15) is 0 Å². The molecule has 4 nitrogen and oxygen atoms in total. The number of aliphatic carboxylic acids is 2. The van der Waals surface area contributed by atoms with Gasteiger partial charge in [0.25, 0.3) is 0 Å². The number of unbranched alkanes of at least 4 members (excludes halogenated alkanes) is 1. The third-order valence-electron chi connectivity index (χ3n) is 2.51. The first kappa shape index (κ1) is 14.7. The van der Waals surface area contributed by atoms with Gasteiger partial charge in [0.2, 0.25) is 0 Å². The molecule has 0 rings (SSSR count). The molecule has 2 N–H and O–H groups in total. The Labute approximate surface area is 103 Å². The molecule has 5 heteroatoms. The van der Waals surface area contributed by atoms with Crippen LogP contribution in [0.5, 0.6) is 0 Å². The van der Waals surface area contributed by atoms with Crippen LogP contribution in [0.2, 0.25) is 0 Å². The summed E-state index contributed by atoms with van der Waals surface area (Å²) >= 11 is 2.13. The smallest absolute Gasteiger partial charge is 0.321 e. The van der Waals surface area contributed by atoms with Crippen LogP contribution >= 0.6 is 22.6 Å². The fourth-order valence-corrected chi connectivity index (χ4v) is 1.87. The first-order valence-electron chi connectivity index (χ1n) is 5.04. The lowest BCUT2D eigenvalue weighted by Crippen LogP contribution is -2.39. The molecule has 0 aromatic carbocycles. The molecule has 0 spiro atoms. The summed E-state index contributed by atoms with van der Waals surface area (Å²) in [5.41, 5.74) is -1.57. The van der Waals surface area contributed by atoms with Crippen LogP contribution in [0.3, 0.4) is 0 Å². The van der Waals surface area contributed by atoms with Gasteiger partial charge >= 0.3 is 11.9 Å². The van der Waals surface area contributed by atoms with Crippen molar-refractivity contribution >= 4 is 34.5 Å². The van der Waals surface area contributed by atoms with E-state index in [1.165, 1.54) is 0 Å². The molecule has 0 amide bonds. The van der Waals surface area contributed by atoms with Crippen molar-refractivity contribution in [2.24, 2.45) is 5.41 Å². The van der Waals surface area contributed by atoms with Crippen molar-refractivity contribution in [3.63, 3.8) is 0 Å². The van der Waals surface area contributed by atoms with Crippen LogP contribution in [0.25, 0.3) is 0 Å². The summed E-state index contributed by atoms with van der Waals surface area (Å²) in [6.07, 6.45) is 2.53. The summed E-state index contributed by atoms with van der Waals surface area (Å²) in [4.78, 5) is 22.2. The molecule has 88 valence electrons. The van der Waals surface area contributed by atoms with Gasteiger partial charge in [-0.15, -0.1) is 0 Å². The molecule has 15 heavy (non-hydrogen) atoms. The summed E-state index contributed by atoms with van der Waals surface area (Å²) < 4.78 is 0.784. The molecule has 0 aromatic rings. The molecule has 0 unspecified atom stereocenters. The topological polar surface area (TPSA) is 74.6 Å². The highest BCUT2D eigenvalue weighted by Crippen LogP contribution is 2.31. The van der Waals surface area contributed by atoms with Crippen LogP contribution in [-0.2, 0) is 9.59 Å². The van der Waals surface area contributed by atoms with Crippen molar-refractivity contribution in [1.82, 2.24) is 0 Å². The van der Waals surface area contributed by atoms with Gasteiger partial charge in [-0.1, -0.05) is 42.4 Å². The zero-order chi connectivity index (χ0) is 11.9. The van der Waals surface area contributed by atoms with Gasteiger partial charge < -0.3 is 10.2 Å². The number of hydrogen-bond acceptors (Lipinski definition) is 2. The van der Waals surface area contributed by atoms with E-state index in [-0.39, 0.29) is 12.8 Å². The summed E-state index contributed by atoms with van der Waals surface area (Å²) in [6, 6.07) is 0. The van der Waals surface area contributed by atoms with E-state index in [1.807, 2.05) is 6.92 Å². The van der Waals surface area contributed by atoms with Crippen molar-refractivity contribution in [1.29, 1.82) is 0 Å². The van der Waals surface area contributed by atoms with Gasteiger partial charge in [0.05, 0.1) is 0 Å². The lowest BCUT2D eigenvalue weighted by atomic mass is 9.79. The average Bonchev–Trinajstić information content (AvgIpc) is 2.17. The van der Waals surface area contributed by atoms with Crippen molar-refractivity contribution in [3.8, 4) is 0 Å². The zero-order valence-electron chi connectivity index (χ0n) is 8.83. The molecule has 0 aliphatic heterocycles. The third-order valence-corrected chi connectivity index (χ3v) is 3.28. The van der Waals surface area contributed by atoms with Gasteiger partial charge in [-0.3, -0.25) is 9.59 Å². The second-order valence-corrected chi connectivity index (χ2v) is 4.67.